The number of Topliss-reactive ketones (excluding diaryl/α,β-unsaturated/α-hetero) is 1. The highest BCUT2D eigenvalue weighted by molar-refractivity contribution is 9.10. The Kier molecular flexibility index (Phi) is 4.74. The number of aryl methyl sites for hydroxylation is 1. The van der Waals surface area contributed by atoms with Crippen molar-refractivity contribution in [2.45, 2.75) is 19.3 Å². The third-order valence-electron chi connectivity index (χ3n) is 3.03. The first-order valence-electron chi connectivity index (χ1n) is 6.29. The van der Waals surface area contributed by atoms with Crippen molar-refractivity contribution < 1.29 is 4.79 Å². The highest BCUT2D eigenvalue weighted by Gasteiger charge is 2.10. The van der Waals surface area contributed by atoms with Gasteiger partial charge in [0, 0.05) is 22.1 Å². The van der Waals surface area contributed by atoms with Gasteiger partial charge in [0.15, 0.2) is 5.78 Å². The van der Waals surface area contributed by atoms with Gasteiger partial charge in [-0.3, -0.25) is 4.79 Å². The van der Waals surface area contributed by atoms with Crippen molar-refractivity contribution in [2.75, 3.05) is 5.73 Å². The molecule has 0 heterocycles. The van der Waals surface area contributed by atoms with E-state index in [9.17, 15) is 4.79 Å². The van der Waals surface area contributed by atoms with Crippen LogP contribution in [0, 0.1) is 0 Å². The van der Waals surface area contributed by atoms with E-state index in [1.165, 1.54) is 5.56 Å². The number of carbonyl (C=O) groups is 1. The summed E-state index contributed by atoms with van der Waals surface area (Å²) in [5, 5.41) is 0. The van der Waals surface area contributed by atoms with Crippen LogP contribution in [0.5, 0.6) is 0 Å². The summed E-state index contributed by atoms with van der Waals surface area (Å²) >= 11 is 3.36. The molecule has 19 heavy (non-hydrogen) atoms. The van der Waals surface area contributed by atoms with E-state index in [-0.39, 0.29) is 5.78 Å². The molecule has 3 heteroatoms. The fourth-order valence-electron chi connectivity index (χ4n) is 2.00. The molecule has 0 aromatic heterocycles. The van der Waals surface area contributed by atoms with Crippen molar-refractivity contribution in [1.29, 1.82) is 0 Å². The lowest BCUT2D eigenvalue weighted by atomic mass is 10.0. The van der Waals surface area contributed by atoms with Crippen LogP contribution >= 0.6 is 15.9 Å². The summed E-state index contributed by atoms with van der Waals surface area (Å²) in [5.41, 5.74) is 8.26. The molecule has 0 aliphatic heterocycles. The van der Waals surface area contributed by atoms with E-state index < -0.39 is 0 Å². The number of rotatable bonds is 5. The monoisotopic (exact) mass is 317 g/mol. The number of benzene rings is 2. The van der Waals surface area contributed by atoms with E-state index in [0.29, 0.717) is 17.7 Å². The van der Waals surface area contributed by atoms with Crippen molar-refractivity contribution in [1.82, 2.24) is 0 Å². The van der Waals surface area contributed by atoms with Gasteiger partial charge in [-0.25, -0.2) is 0 Å². The first kappa shape index (κ1) is 13.8. The third-order valence-corrected chi connectivity index (χ3v) is 3.52. The van der Waals surface area contributed by atoms with Crippen molar-refractivity contribution in [2.24, 2.45) is 0 Å². The minimum atomic E-state index is 0.106. The lowest BCUT2D eigenvalue weighted by molar-refractivity contribution is 0.0981. The van der Waals surface area contributed by atoms with Gasteiger partial charge >= 0.3 is 0 Å². The van der Waals surface area contributed by atoms with Gasteiger partial charge in [0.1, 0.15) is 0 Å². The van der Waals surface area contributed by atoms with Crippen LogP contribution in [0.4, 0.5) is 5.69 Å². The molecule has 0 atom stereocenters. The molecule has 0 unspecified atom stereocenters. The van der Waals surface area contributed by atoms with Crippen LogP contribution in [-0.2, 0) is 6.42 Å². The van der Waals surface area contributed by atoms with Gasteiger partial charge < -0.3 is 5.73 Å². The van der Waals surface area contributed by atoms with Gasteiger partial charge in [-0.15, -0.1) is 0 Å². The largest absolute Gasteiger partial charge is 0.398 e. The number of anilines is 1. The average Bonchev–Trinajstić information content (AvgIpc) is 2.42. The second-order valence-electron chi connectivity index (χ2n) is 4.49. The number of nitrogen functional groups attached to an aromatic ring is 1. The van der Waals surface area contributed by atoms with Crippen molar-refractivity contribution >= 4 is 27.4 Å². The Morgan fingerprint density at radius 1 is 1.11 bits per heavy atom. The fourth-order valence-corrected chi connectivity index (χ4v) is 2.36. The second-order valence-corrected chi connectivity index (χ2v) is 5.41. The molecule has 98 valence electrons. The molecular weight excluding hydrogens is 302 g/mol. The maximum Gasteiger partial charge on any atom is 0.164 e. The van der Waals surface area contributed by atoms with Crippen molar-refractivity contribution in [3.05, 3.63) is 64.1 Å². The Morgan fingerprint density at radius 3 is 2.58 bits per heavy atom. The zero-order chi connectivity index (χ0) is 13.7. The van der Waals surface area contributed by atoms with Gasteiger partial charge in [0.2, 0.25) is 0 Å². The molecule has 0 fully saturated rings. The van der Waals surface area contributed by atoms with Crippen LogP contribution in [-0.4, -0.2) is 5.78 Å². The van der Waals surface area contributed by atoms with Gasteiger partial charge in [0.25, 0.3) is 0 Å². The molecule has 0 aliphatic rings. The third kappa shape index (κ3) is 3.93. The van der Waals surface area contributed by atoms with Crippen LogP contribution in [0.15, 0.2) is 53.0 Å². The SMILES string of the molecule is Nc1ccc(Br)cc1C(=O)CCCc1ccccc1. The topological polar surface area (TPSA) is 43.1 Å². The Labute approximate surface area is 121 Å². The summed E-state index contributed by atoms with van der Waals surface area (Å²) in [4.78, 5) is 12.1. The van der Waals surface area contributed by atoms with E-state index in [2.05, 4.69) is 28.1 Å². The molecule has 2 nitrogen and oxygen atoms in total. The van der Waals surface area contributed by atoms with Gasteiger partial charge in [0.05, 0.1) is 0 Å². The normalized spacial score (nSPS) is 10.4. The Bertz CT molecular complexity index is 566. The van der Waals surface area contributed by atoms with E-state index in [0.717, 1.165) is 17.3 Å². The van der Waals surface area contributed by atoms with E-state index in [1.807, 2.05) is 24.3 Å². The average molecular weight is 318 g/mol. The second kappa shape index (κ2) is 6.53. The highest BCUT2D eigenvalue weighted by atomic mass is 79.9. The number of hydrogen-bond donors (Lipinski definition) is 1. The molecule has 2 rings (SSSR count). The van der Waals surface area contributed by atoms with Crippen molar-refractivity contribution in [3.63, 3.8) is 0 Å². The predicted octanol–water partition coefficient (Wildman–Crippen LogP) is 4.24. The van der Waals surface area contributed by atoms with Gasteiger partial charge in [-0.05, 0) is 36.6 Å². The summed E-state index contributed by atoms with van der Waals surface area (Å²) in [5.74, 6) is 0.106. The Hall–Kier alpha value is -1.61. The molecule has 0 aliphatic carbocycles. The first-order chi connectivity index (χ1) is 9.16. The fraction of sp³-hybridized carbons (Fsp3) is 0.188. The van der Waals surface area contributed by atoms with Gasteiger partial charge in [-0.2, -0.15) is 0 Å². The standard InChI is InChI=1S/C16H16BrNO/c17-13-9-10-15(18)14(11-13)16(19)8-4-7-12-5-2-1-3-6-12/h1-3,5-6,9-11H,4,7-8,18H2. The minimum Gasteiger partial charge on any atom is -0.398 e. The molecular formula is C16H16BrNO. The van der Waals surface area contributed by atoms with Crippen LogP contribution < -0.4 is 5.73 Å². The van der Waals surface area contributed by atoms with E-state index >= 15 is 0 Å². The summed E-state index contributed by atoms with van der Waals surface area (Å²) in [7, 11) is 0. The molecule has 2 aromatic carbocycles. The molecule has 2 aromatic rings. The number of carbonyl (C=O) groups excluding carboxylic acids is 1. The molecule has 0 radical (unpaired) electrons. The van der Waals surface area contributed by atoms with Gasteiger partial charge in [-0.1, -0.05) is 46.3 Å². The molecule has 0 spiro atoms. The van der Waals surface area contributed by atoms with E-state index in [1.54, 1.807) is 12.1 Å². The Balaban J connectivity index is 1.93. The Morgan fingerprint density at radius 2 is 1.84 bits per heavy atom. The first-order valence-corrected chi connectivity index (χ1v) is 7.08. The lowest BCUT2D eigenvalue weighted by Crippen LogP contribution is -2.04. The van der Waals surface area contributed by atoms with Crippen LogP contribution in [0.1, 0.15) is 28.8 Å². The van der Waals surface area contributed by atoms with Crippen LogP contribution in [0.2, 0.25) is 0 Å². The lowest BCUT2D eigenvalue weighted by Gasteiger charge is -2.05. The molecule has 2 N–H and O–H groups in total. The maximum absolute atomic E-state index is 12.1. The van der Waals surface area contributed by atoms with E-state index in [4.69, 9.17) is 5.73 Å². The zero-order valence-corrected chi connectivity index (χ0v) is 12.2. The smallest absolute Gasteiger partial charge is 0.164 e. The summed E-state index contributed by atoms with van der Waals surface area (Å²) in [6, 6.07) is 15.6. The number of ketones is 1. The van der Waals surface area contributed by atoms with Crippen LogP contribution in [0.25, 0.3) is 0 Å². The minimum absolute atomic E-state index is 0.106. The maximum atomic E-state index is 12.1. The summed E-state index contributed by atoms with van der Waals surface area (Å²) < 4.78 is 0.883. The molecule has 0 saturated heterocycles. The summed E-state index contributed by atoms with van der Waals surface area (Å²) in [6.07, 6.45) is 2.28. The number of nitrogens with two attached hydrogens (primary N) is 1. The quantitative estimate of drug-likeness (QED) is 0.662. The highest BCUT2D eigenvalue weighted by Crippen LogP contribution is 2.20. The predicted molar refractivity (Wildman–Crippen MR) is 82.3 cm³/mol. The van der Waals surface area contributed by atoms with Crippen LogP contribution in [0.3, 0.4) is 0 Å². The summed E-state index contributed by atoms with van der Waals surface area (Å²) in [6.45, 7) is 0. The molecule has 0 bridgehead atoms. The molecule has 0 saturated carbocycles. The zero-order valence-electron chi connectivity index (χ0n) is 10.6. The number of hydrogen-bond acceptors (Lipinski definition) is 2. The van der Waals surface area contributed by atoms with Crippen molar-refractivity contribution in [3.8, 4) is 0 Å². The molecule has 0 amide bonds. The number of halogens is 1.